The Balaban J connectivity index is 1.44. The topological polar surface area (TPSA) is 75.4 Å². The first kappa shape index (κ1) is 15.9. The number of piperidine rings is 1. The molecule has 0 aromatic carbocycles. The summed E-state index contributed by atoms with van der Waals surface area (Å²) in [4.78, 5) is 31.0. The van der Waals surface area contributed by atoms with E-state index in [1.54, 1.807) is 31.6 Å². The van der Waals surface area contributed by atoms with Crippen LogP contribution in [0.5, 0.6) is 0 Å². The Morgan fingerprint density at radius 3 is 2.80 bits per heavy atom. The van der Waals surface area contributed by atoms with Crippen LogP contribution in [-0.4, -0.2) is 40.3 Å². The zero-order valence-electron chi connectivity index (χ0n) is 14.2. The van der Waals surface area contributed by atoms with Crippen LogP contribution in [0.3, 0.4) is 0 Å². The largest absolute Gasteiger partial charge is 0.469 e. The molecule has 0 bridgehead atoms. The van der Waals surface area contributed by atoms with E-state index in [-0.39, 0.29) is 23.3 Å². The number of nitrogens with zero attached hydrogens (tertiary/aromatic N) is 2. The summed E-state index contributed by atoms with van der Waals surface area (Å²) in [7, 11) is 0. The number of nitrogens with one attached hydrogen (secondary N) is 1. The molecule has 1 spiro atoms. The number of hydrogen-bond donors (Lipinski definition) is 1. The predicted molar refractivity (Wildman–Crippen MR) is 91.1 cm³/mol. The van der Waals surface area contributed by atoms with Crippen LogP contribution in [0.1, 0.15) is 46.9 Å². The molecule has 4 heterocycles. The van der Waals surface area contributed by atoms with Gasteiger partial charge in [-0.05, 0) is 43.9 Å². The highest BCUT2D eigenvalue weighted by Crippen LogP contribution is 2.39. The van der Waals surface area contributed by atoms with Crippen molar-refractivity contribution in [3.63, 3.8) is 0 Å². The molecule has 2 aromatic rings. The maximum atomic E-state index is 12.6. The van der Waals surface area contributed by atoms with Crippen molar-refractivity contribution >= 4 is 11.8 Å². The van der Waals surface area contributed by atoms with E-state index in [4.69, 9.17) is 4.42 Å². The number of likely N-dealkylation sites (tertiary alicyclic amines) is 1. The standard InChI is InChI=1S/C19H21N3O3/c1-13-15(4-10-25-13)18(24)22-8-5-19(6-9-22)11-16(17(23)21-19)14-3-2-7-20-12-14/h2-4,7,10,12,16H,5-6,8-9,11H2,1H3,(H,21,23)/t16-/m0/s1. The van der Waals surface area contributed by atoms with Crippen molar-refractivity contribution in [1.82, 2.24) is 15.2 Å². The molecule has 130 valence electrons. The van der Waals surface area contributed by atoms with Crippen LogP contribution < -0.4 is 5.32 Å². The van der Waals surface area contributed by atoms with Gasteiger partial charge in [0, 0.05) is 31.0 Å². The van der Waals surface area contributed by atoms with Crippen molar-refractivity contribution in [3.8, 4) is 0 Å². The Kier molecular flexibility index (Phi) is 3.82. The van der Waals surface area contributed by atoms with E-state index in [1.165, 1.54) is 0 Å². The van der Waals surface area contributed by atoms with Gasteiger partial charge < -0.3 is 14.6 Å². The summed E-state index contributed by atoms with van der Waals surface area (Å²) in [6.07, 6.45) is 7.35. The fourth-order valence-electron chi connectivity index (χ4n) is 3.98. The Morgan fingerprint density at radius 1 is 1.36 bits per heavy atom. The van der Waals surface area contributed by atoms with Crippen LogP contribution >= 0.6 is 0 Å². The molecule has 0 saturated carbocycles. The Hall–Kier alpha value is -2.63. The van der Waals surface area contributed by atoms with Gasteiger partial charge in [0.15, 0.2) is 0 Å². The van der Waals surface area contributed by atoms with Crippen molar-refractivity contribution < 1.29 is 14.0 Å². The van der Waals surface area contributed by atoms with E-state index < -0.39 is 0 Å². The fraction of sp³-hybridized carbons (Fsp3) is 0.421. The highest BCUT2D eigenvalue weighted by molar-refractivity contribution is 5.95. The van der Waals surface area contributed by atoms with E-state index in [2.05, 4.69) is 10.3 Å². The monoisotopic (exact) mass is 339 g/mol. The first-order valence-corrected chi connectivity index (χ1v) is 8.63. The zero-order chi connectivity index (χ0) is 17.4. The van der Waals surface area contributed by atoms with Crippen molar-refractivity contribution in [1.29, 1.82) is 0 Å². The molecule has 4 rings (SSSR count). The molecular formula is C19H21N3O3. The minimum absolute atomic E-state index is 0.00855. The van der Waals surface area contributed by atoms with Crippen LogP contribution in [0.4, 0.5) is 0 Å². The lowest BCUT2D eigenvalue weighted by atomic mass is 9.82. The van der Waals surface area contributed by atoms with Gasteiger partial charge in [0.1, 0.15) is 5.76 Å². The van der Waals surface area contributed by atoms with Crippen LogP contribution in [0.2, 0.25) is 0 Å². The van der Waals surface area contributed by atoms with E-state index in [0.717, 1.165) is 24.8 Å². The first-order valence-electron chi connectivity index (χ1n) is 8.63. The van der Waals surface area contributed by atoms with Gasteiger partial charge in [-0.15, -0.1) is 0 Å². The molecule has 6 nitrogen and oxygen atoms in total. The van der Waals surface area contributed by atoms with Crippen LogP contribution in [0.15, 0.2) is 41.3 Å². The number of carbonyl (C=O) groups is 2. The number of carbonyl (C=O) groups excluding carboxylic acids is 2. The average molecular weight is 339 g/mol. The summed E-state index contributed by atoms with van der Waals surface area (Å²) in [5, 5.41) is 3.20. The Labute approximate surface area is 146 Å². The Bertz CT molecular complexity index is 791. The number of hydrogen-bond acceptors (Lipinski definition) is 4. The molecule has 2 fully saturated rings. The highest BCUT2D eigenvalue weighted by atomic mass is 16.3. The van der Waals surface area contributed by atoms with Gasteiger partial charge in [-0.1, -0.05) is 6.07 Å². The van der Waals surface area contributed by atoms with Crippen molar-refractivity contribution in [2.24, 2.45) is 0 Å². The number of pyridine rings is 1. The second-order valence-electron chi connectivity index (χ2n) is 7.00. The summed E-state index contributed by atoms with van der Waals surface area (Å²) in [5.41, 5.74) is 1.38. The number of aryl methyl sites for hydroxylation is 1. The van der Waals surface area contributed by atoms with Gasteiger partial charge in [0.05, 0.1) is 17.7 Å². The number of amides is 2. The SMILES string of the molecule is Cc1occc1C(=O)N1CCC2(CC1)C[C@@H](c1cccnc1)C(=O)N2. The number of rotatable bonds is 2. The quantitative estimate of drug-likeness (QED) is 0.911. The average Bonchev–Trinajstić information content (AvgIpc) is 3.19. The van der Waals surface area contributed by atoms with E-state index in [9.17, 15) is 9.59 Å². The van der Waals surface area contributed by atoms with Gasteiger partial charge in [-0.25, -0.2) is 0 Å². The summed E-state index contributed by atoms with van der Waals surface area (Å²) in [6.45, 7) is 3.08. The van der Waals surface area contributed by atoms with Crippen LogP contribution in [-0.2, 0) is 4.79 Å². The van der Waals surface area contributed by atoms with E-state index in [0.29, 0.717) is 24.4 Å². The summed E-state index contributed by atoms with van der Waals surface area (Å²) in [5.74, 6) is 0.579. The first-order chi connectivity index (χ1) is 12.1. The molecular weight excluding hydrogens is 318 g/mol. The molecule has 0 aliphatic carbocycles. The second-order valence-corrected chi connectivity index (χ2v) is 7.00. The van der Waals surface area contributed by atoms with Gasteiger partial charge in [-0.3, -0.25) is 14.6 Å². The van der Waals surface area contributed by atoms with Gasteiger partial charge in [0.25, 0.3) is 5.91 Å². The number of aromatic nitrogens is 1. The van der Waals surface area contributed by atoms with Gasteiger partial charge in [0.2, 0.25) is 5.91 Å². The Morgan fingerprint density at radius 2 is 2.16 bits per heavy atom. The molecule has 6 heteroatoms. The highest BCUT2D eigenvalue weighted by Gasteiger charge is 2.46. The molecule has 25 heavy (non-hydrogen) atoms. The maximum Gasteiger partial charge on any atom is 0.257 e. The van der Waals surface area contributed by atoms with Crippen LogP contribution in [0.25, 0.3) is 0 Å². The van der Waals surface area contributed by atoms with Crippen molar-refractivity contribution in [3.05, 3.63) is 53.7 Å². The molecule has 2 aliphatic rings. The molecule has 1 atom stereocenters. The summed E-state index contributed by atoms with van der Waals surface area (Å²) >= 11 is 0. The fourth-order valence-corrected chi connectivity index (χ4v) is 3.98. The molecule has 0 unspecified atom stereocenters. The van der Waals surface area contributed by atoms with Crippen molar-refractivity contribution in [2.75, 3.05) is 13.1 Å². The normalized spacial score (nSPS) is 22.2. The van der Waals surface area contributed by atoms with Crippen molar-refractivity contribution in [2.45, 2.75) is 37.6 Å². The number of furan rings is 1. The van der Waals surface area contributed by atoms with E-state index in [1.807, 2.05) is 17.0 Å². The van der Waals surface area contributed by atoms with E-state index >= 15 is 0 Å². The minimum Gasteiger partial charge on any atom is -0.469 e. The summed E-state index contributed by atoms with van der Waals surface area (Å²) < 4.78 is 5.24. The molecule has 2 amide bonds. The molecule has 2 saturated heterocycles. The van der Waals surface area contributed by atoms with Gasteiger partial charge in [-0.2, -0.15) is 0 Å². The smallest absolute Gasteiger partial charge is 0.257 e. The molecule has 2 aliphatic heterocycles. The lowest BCUT2D eigenvalue weighted by Gasteiger charge is -2.39. The third-order valence-corrected chi connectivity index (χ3v) is 5.48. The minimum atomic E-state index is -0.209. The van der Waals surface area contributed by atoms with Gasteiger partial charge >= 0.3 is 0 Å². The summed E-state index contributed by atoms with van der Waals surface area (Å²) in [6, 6.07) is 5.54. The lowest BCUT2D eigenvalue weighted by molar-refractivity contribution is -0.121. The third-order valence-electron chi connectivity index (χ3n) is 5.48. The maximum absolute atomic E-state index is 12.6. The zero-order valence-corrected chi connectivity index (χ0v) is 14.2. The second kappa shape index (κ2) is 6.02. The molecule has 2 aromatic heterocycles. The predicted octanol–water partition coefficient (Wildman–Crippen LogP) is 2.26. The molecule has 0 radical (unpaired) electrons. The van der Waals surface area contributed by atoms with Crippen LogP contribution in [0, 0.1) is 6.92 Å². The third kappa shape index (κ3) is 2.81. The molecule has 1 N–H and O–H groups in total. The lowest BCUT2D eigenvalue weighted by Crippen LogP contribution is -2.52.